The minimum atomic E-state index is -1.26. The summed E-state index contributed by atoms with van der Waals surface area (Å²) in [6.07, 6.45) is 1.66. The summed E-state index contributed by atoms with van der Waals surface area (Å²) in [5, 5.41) is 18.8. The molecular formula is C9H5BrFNO4. The maximum absolute atomic E-state index is 13.4. The van der Waals surface area contributed by atoms with Gasteiger partial charge in [-0.2, -0.15) is 0 Å². The molecule has 0 spiro atoms. The first-order chi connectivity index (χ1) is 7.41. The number of carboxylic acid groups (broad SMARTS) is 1. The van der Waals surface area contributed by atoms with Gasteiger partial charge in [-0.05, 0) is 22.0 Å². The summed E-state index contributed by atoms with van der Waals surface area (Å²) in [6, 6.07) is 1.97. The van der Waals surface area contributed by atoms with Crippen molar-refractivity contribution >= 4 is 33.7 Å². The second-order valence-corrected chi connectivity index (χ2v) is 3.61. The normalized spacial score (nSPS) is 10.6. The molecule has 0 saturated carbocycles. The number of benzene rings is 1. The van der Waals surface area contributed by atoms with Crippen molar-refractivity contribution in [1.29, 1.82) is 0 Å². The molecule has 0 unspecified atom stereocenters. The fourth-order valence-corrected chi connectivity index (χ4v) is 1.45. The van der Waals surface area contributed by atoms with Crippen LogP contribution in [0.2, 0.25) is 0 Å². The number of nitrogens with zero attached hydrogens (tertiary/aromatic N) is 1. The van der Waals surface area contributed by atoms with E-state index in [4.69, 9.17) is 5.11 Å². The first-order valence-corrected chi connectivity index (χ1v) is 4.75. The van der Waals surface area contributed by atoms with Crippen molar-refractivity contribution in [3.05, 3.63) is 44.2 Å². The summed E-state index contributed by atoms with van der Waals surface area (Å²) in [7, 11) is 0. The third-order valence-electron chi connectivity index (χ3n) is 1.66. The summed E-state index contributed by atoms with van der Waals surface area (Å²) in [6.45, 7) is 0. The lowest BCUT2D eigenvalue weighted by atomic mass is 10.1. The van der Waals surface area contributed by atoms with Crippen molar-refractivity contribution in [2.75, 3.05) is 0 Å². The Morgan fingerprint density at radius 2 is 2.19 bits per heavy atom. The van der Waals surface area contributed by atoms with Gasteiger partial charge in [0.2, 0.25) is 0 Å². The predicted octanol–water partition coefficient (Wildman–Crippen LogP) is 2.59. The molecule has 1 aromatic carbocycles. The van der Waals surface area contributed by atoms with Gasteiger partial charge in [0.25, 0.3) is 5.69 Å². The zero-order chi connectivity index (χ0) is 12.3. The smallest absolute Gasteiger partial charge is 0.328 e. The van der Waals surface area contributed by atoms with Crippen LogP contribution < -0.4 is 0 Å². The second kappa shape index (κ2) is 4.84. The number of nitro benzene ring substituents is 1. The van der Waals surface area contributed by atoms with Crippen molar-refractivity contribution in [2.24, 2.45) is 0 Å². The molecule has 0 aliphatic carbocycles. The molecular weight excluding hydrogens is 285 g/mol. The fraction of sp³-hybridized carbons (Fsp3) is 0. The van der Waals surface area contributed by atoms with E-state index in [0.29, 0.717) is 6.08 Å². The average Bonchev–Trinajstić information content (AvgIpc) is 2.19. The molecule has 0 aliphatic rings. The van der Waals surface area contributed by atoms with Gasteiger partial charge in [-0.1, -0.05) is 0 Å². The van der Waals surface area contributed by atoms with Crippen LogP contribution in [0, 0.1) is 15.9 Å². The lowest BCUT2D eigenvalue weighted by molar-refractivity contribution is -0.385. The molecule has 0 fully saturated rings. The fourth-order valence-electron chi connectivity index (χ4n) is 0.983. The Hall–Kier alpha value is -1.76. The molecule has 7 heteroatoms. The van der Waals surface area contributed by atoms with E-state index in [1.54, 1.807) is 0 Å². The number of hydrogen-bond donors (Lipinski definition) is 1. The maximum atomic E-state index is 13.4. The highest BCUT2D eigenvalue weighted by atomic mass is 79.9. The molecule has 1 N–H and O–H groups in total. The maximum Gasteiger partial charge on any atom is 0.328 e. The molecule has 0 amide bonds. The molecule has 0 saturated heterocycles. The Balaban J connectivity index is 3.27. The van der Waals surface area contributed by atoms with Crippen molar-refractivity contribution in [3.63, 3.8) is 0 Å². The Kier molecular flexibility index (Phi) is 3.73. The third-order valence-corrected chi connectivity index (χ3v) is 2.23. The number of rotatable bonds is 3. The number of carboxylic acids is 1. The standard InChI is InChI=1S/C9H5BrFNO4/c10-7-4-6(12(15)16)3-5(9(7)11)1-2-8(13)14/h1-4H,(H,13,14)/b2-1+. The summed E-state index contributed by atoms with van der Waals surface area (Å²) >= 11 is 2.81. The monoisotopic (exact) mass is 289 g/mol. The van der Waals surface area contributed by atoms with Gasteiger partial charge in [0.05, 0.1) is 9.40 Å². The van der Waals surface area contributed by atoms with Gasteiger partial charge in [-0.15, -0.1) is 0 Å². The van der Waals surface area contributed by atoms with Crippen LogP contribution >= 0.6 is 15.9 Å². The van der Waals surface area contributed by atoms with Crippen LogP contribution in [0.4, 0.5) is 10.1 Å². The molecule has 0 heterocycles. The van der Waals surface area contributed by atoms with Crippen LogP contribution in [0.5, 0.6) is 0 Å². The zero-order valence-electron chi connectivity index (χ0n) is 7.68. The van der Waals surface area contributed by atoms with Crippen LogP contribution in [0.15, 0.2) is 22.7 Å². The Labute approximate surface area is 97.5 Å². The molecule has 0 radical (unpaired) electrons. The lowest BCUT2D eigenvalue weighted by Gasteiger charge is -1.99. The van der Waals surface area contributed by atoms with Crippen LogP contribution in [0.25, 0.3) is 6.08 Å². The van der Waals surface area contributed by atoms with E-state index in [2.05, 4.69) is 15.9 Å². The summed E-state index contributed by atoms with van der Waals surface area (Å²) in [5.74, 6) is -2.01. The molecule has 0 aliphatic heterocycles. The van der Waals surface area contributed by atoms with Crippen molar-refractivity contribution < 1.29 is 19.2 Å². The van der Waals surface area contributed by atoms with Gasteiger partial charge < -0.3 is 5.11 Å². The minimum absolute atomic E-state index is 0.0910. The molecule has 5 nitrogen and oxygen atoms in total. The lowest BCUT2D eigenvalue weighted by Crippen LogP contribution is -1.93. The van der Waals surface area contributed by atoms with Gasteiger partial charge >= 0.3 is 5.97 Å². The number of hydrogen-bond acceptors (Lipinski definition) is 3. The largest absolute Gasteiger partial charge is 0.478 e. The van der Waals surface area contributed by atoms with E-state index in [0.717, 1.165) is 18.2 Å². The van der Waals surface area contributed by atoms with E-state index in [9.17, 15) is 19.3 Å². The highest BCUT2D eigenvalue weighted by Gasteiger charge is 2.13. The first kappa shape index (κ1) is 12.3. The highest BCUT2D eigenvalue weighted by molar-refractivity contribution is 9.10. The van der Waals surface area contributed by atoms with Gasteiger partial charge in [0.1, 0.15) is 5.82 Å². The SMILES string of the molecule is O=C(O)/C=C/c1cc([N+](=O)[O-])cc(Br)c1F. The molecule has 0 bridgehead atoms. The molecule has 84 valence electrons. The van der Waals surface area contributed by atoms with Crippen LogP contribution in [0.1, 0.15) is 5.56 Å². The van der Waals surface area contributed by atoms with Crippen molar-refractivity contribution in [2.45, 2.75) is 0 Å². The summed E-state index contributed by atoms with van der Waals surface area (Å²) in [5.41, 5.74) is -0.484. The van der Waals surface area contributed by atoms with Crippen molar-refractivity contribution in [1.82, 2.24) is 0 Å². The van der Waals surface area contributed by atoms with Gasteiger partial charge in [0, 0.05) is 23.8 Å². The Morgan fingerprint density at radius 1 is 1.56 bits per heavy atom. The number of aliphatic carboxylic acids is 1. The number of nitro groups is 1. The molecule has 0 aromatic heterocycles. The van der Waals surface area contributed by atoms with E-state index in [1.807, 2.05) is 0 Å². The van der Waals surface area contributed by atoms with Crippen molar-refractivity contribution in [3.8, 4) is 0 Å². The van der Waals surface area contributed by atoms with Gasteiger partial charge in [0.15, 0.2) is 0 Å². The van der Waals surface area contributed by atoms with E-state index in [1.165, 1.54) is 0 Å². The Morgan fingerprint density at radius 3 is 2.69 bits per heavy atom. The van der Waals surface area contributed by atoms with Gasteiger partial charge in [-0.3, -0.25) is 10.1 Å². The quantitative estimate of drug-likeness (QED) is 0.527. The number of non-ortho nitro benzene ring substituents is 1. The molecule has 1 rings (SSSR count). The van der Waals surface area contributed by atoms with Crippen LogP contribution in [-0.2, 0) is 4.79 Å². The van der Waals surface area contributed by atoms with Crippen LogP contribution in [-0.4, -0.2) is 16.0 Å². The zero-order valence-corrected chi connectivity index (χ0v) is 9.27. The number of halogens is 2. The van der Waals surface area contributed by atoms with Crippen LogP contribution in [0.3, 0.4) is 0 Å². The average molecular weight is 290 g/mol. The Bertz CT molecular complexity index is 487. The summed E-state index contributed by atoms with van der Waals surface area (Å²) < 4.78 is 13.3. The molecule has 1 aromatic rings. The number of carbonyl (C=O) groups is 1. The third kappa shape index (κ3) is 2.86. The predicted molar refractivity (Wildman–Crippen MR) is 57.4 cm³/mol. The highest BCUT2D eigenvalue weighted by Crippen LogP contribution is 2.26. The second-order valence-electron chi connectivity index (χ2n) is 2.76. The van der Waals surface area contributed by atoms with Gasteiger partial charge in [-0.25, -0.2) is 9.18 Å². The molecule has 0 atom stereocenters. The first-order valence-electron chi connectivity index (χ1n) is 3.96. The van der Waals surface area contributed by atoms with E-state index < -0.39 is 16.7 Å². The molecule has 16 heavy (non-hydrogen) atoms. The van der Waals surface area contributed by atoms with E-state index in [-0.39, 0.29) is 15.7 Å². The minimum Gasteiger partial charge on any atom is -0.478 e. The topological polar surface area (TPSA) is 80.4 Å². The van der Waals surface area contributed by atoms with E-state index >= 15 is 0 Å². The summed E-state index contributed by atoms with van der Waals surface area (Å²) in [4.78, 5) is 20.0.